The molecule has 1 aromatic carbocycles. The van der Waals surface area contributed by atoms with E-state index in [0.29, 0.717) is 5.75 Å². The maximum atomic E-state index is 13.6. The summed E-state index contributed by atoms with van der Waals surface area (Å²) in [5, 5.41) is 2.64. The molecule has 0 radical (unpaired) electrons. The van der Waals surface area contributed by atoms with Crippen molar-refractivity contribution in [2.75, 3.05) is 25.2 Å². The summed E-state index contributed by atoms with van der Waals surface area (Å²) in [4.78, 5) is 73.1. The molecule has 13 nitrogen and oxygen atoms in total. The van der Waals surface area contributed by atoms with E-state index >= 15 is 0 Å². The minimum Gasteiger partial charge on any atom is -0.462 e. The zero-order valence-electron chi connectivity index (χ0n) is 24.8. The minimum absolute atomic E-state index is 0.0119. The largest absolute Gasteiger partial charge is 0.462 e. The fourth-order valence-electron chi connectivity index (χ4n) is 4.38. The van der Waals surface area contributed by atoms with Crippen molar-refractivity contribution in [2.45, 2.75) is 81.3 Å². The minimum atomic E-state index is -1.81. The smallest absolute Gasteiger partial charge is 0.349 e. The van der Waals surface area contributed by atoms with E-state index in [9.17, 15) is 28.8 Å². The SMILES string of the molecule is CS[C@]1(C(=O)OCCSc2ccccc2)C[C@H](OC(C)=O)[C@@H](NC(C)=O)[C@H]([C@H](OC(C)=O)[C@@H](COC(C)=O)OC(C)=O)O1. The average Bonchev–Trinajstić information content (AvgIpc) is 2.92. The van der Waals surface area contributed by atoms with Crippen molar-refractivity contribution < 1.29 is 57.2 Å². The second-order valence-electron chi connectivity index (χ2n) is 9.44. The molecule has 1 aliphatic rings. The quantitative estimate of drug-likeness (QED) is 0.135. The molecule has 43 heavy (non-hydrogen) atoms. The molecule has 238 valence electrons. The first-order valence-corrected chi connectivity index (χ1v) is 15.5. The van der Waals surface area contributed by atoms with Crippen LogP contribution < -0.4 is 5.32 Å². The number of ether oxygens (including phenoxy) is 6. The van der Waals surface area contributed by atoms with Gasteiger partial charge in [-0.1, -0.05) is 18.2 Å². The fourth-order valence-corrected chi connectivity index (χ4v) is 5.89. The monoisotopic (exact) mass is 643 g/mol. The van der Waals surface area contributed by atoms with Gasteiger partial charge < -0.3 is 33.7 Å². The highest BCUT2D eigenvalue weighted by Gasteiger charge is 2.58. The summed E-state index contributed by atoms with van der Waals surface area (Å²) in [6.45, 7) is 5.14. The van der Waals surface area contributed by atoms with Crippen LogP contribution in [0.25, 0.3) is 0 Å². The van der Waals surface area contributed by atoms with Gasteiger partial charge in [-0.05, 0) is 18.4 Å². The number of hydrogen-bond donors (Lipinski definition) is 1. The number of nitrogens with one attached hydrogen (secondary N) is 1. The van der Waals surface area contributed by atoms with E-state index in [1.54, 1.807) is 6.26 Å². The fraction of sp³-hybridized carbons (Fsp3) is 0.571. The third-order valence-corrected chi connectivity index (χ3v) is 8.03. The molecule has 1 amide bonds. The number of rotatable bonds is 14. The van der Waals surface area contributed by atoms with Crippen LogP contribution in [-0.4, -0.2) is 96.4 Å². The number of carbonyl (C=O) groups is 6. The standard InChI is InChI=1S/C28H37NO12S2/c1-16(30)29-24-22(38-18(3)32)14-28(42-6,27(35)36-12-13-43-21-10-8-7-9-11-21)41-26(24)25(40-20(5)34)23(39-19(4)33)15-37-17(2)31/h7-11,22-26H,12-15H2,1-6H3,(H,29,30)/t22-,23+,24+,25+,26+,28-/m0/s1. The van der Waals surface area contributed by atoms with E-state index in [1.165, 1.54) is 18.7 Å². The van der Waals surface area contributed by atoms with E-state index in [2.05, 4.69) is 5.32 Å². The Balaban J connectivity index is 2.50. The van der Waals surface area contributed by atoms with Crippen LogP contribution in [0.5, 0.6) is 0 Å². The van der Waals surface area contributed by atoms with Crippen LogP contribution in [0.2, 0.25) is 0 Å². The molecule has 0 spiro atoms. The molecule has 0 unspecified atom stereocenters. The first-order chi connectivity index (χ1) is 20.3. The Labute approximate surface area is 258 Å². The third-order valence-electron chi connectivity index (χ3n) is 5.97. The van der Waals surface area contributed by atoms with Crippen molar-refractivity contribution in [2.24, 2.45) is 0 Å². The van der Waals surface area contributed by atoms with Crippen LogP contribution in [0.1, 0.15) is 41.0 Å². The lowest BCUT2D eigenvalue weighted by Crippen LogP contribution is -2.68. The van der Waals surface area contributed by atoms with Crippen LogP contribution >= 0.6 is 23.5 Å². The molecule has 0 bridgehead atoms. The van der Waals surface area contributed by atoms with E-state index < -0.39 is 77.8 Å². The maximum Gasteiger partial charge on any atom is 0.349 e. The molecule has 0 aromatic heterocycles. The Hall–Kier alpha value is -3.30. The van der Waals surface area contributed by atoms with Gasteiger partial charge in [0.15, 0.2) is 12.2 Å². The Bertz CT molecular complexity index is 1150. The Kier molecular flexibility index (Phi) is 14.3. The van der Waals surface area contributed by atoms with Gasteiger partial charge in [-0.3, -0.25) is 24.0 Å². The van der Waals surface area contributed by atoms with Gasteiger partial charge in [-0.2, -0.15) is 0 Å². The normalized spacial score (nSPS) is 22.7. The van der Waals surface area contributed by atoms with Crippen LogP contribution in [0.15, 0.2) is 35.2 Å². The molecule has 1 aromatic rings. The second kappa shape index (κ2) is 17.1. The third kappa shape index (κ3) is 11.4. The van der Waals surface area contributed by atoms with Crippen LogP contribution in [0.4, 0.5) is 0 Å². The van der Waals surface area contributed by atoms with Gasteiger partial charge in [-0.15, -0.1) is 23.5 Å². The molecule has 6 atom stereocenters. The molecule has 1 aliphatic heterocycles. The first kappa shape index (κ1) is 35.9. The highest BCUT2D eigenvalue weighted by atomic mass is 32.2. The summed E-state index contributed by atoms with van der Waals surface area (Å²) in [6.07, 6.45) is -4.27. The Morgan fingerprint density at radius 2 is 1.58 bits per heavy atom. The van der Waals surface area contributed by atoms with Crippen molar-refractivity contribution >= 4 is 59.3 Å². The van der Waals surface area contributed by atoms with Crippen molar-refractivity contribution in [3.05, 3.63) is 30.3 Å². The van der Waals surface area contributed by atoms with E-state index in [4.69, 9.17) is 28.4 Å². The average molecular weight is 644 g/mol. The predicted molar refractivity (Wildman–Crippen MR) is 155 cm³/mol. The lowest BCUT2D eigenvalue weighted by atomic mass is 9.89. The molecular weight excluding hydrogens is 606 g/mol. The lowest BCUT2D eigenvalue weighted by molar-refractivity contribution is -0.224. The number of amides is 1. The van der Waals surface area contributed by atoms with Crippen molar-refractivity contribution in [1.82, 2.24) is 5.32 Å². The predicted octanol–water partition coefficient (Wildman–Crippen LogP) is 2.03. The molecule has 2 rings (SSSR count). The summed E-state index contributed by atoms with van der Waals surface area (Å²) >= 11 is 2.42. The topological polar surface area (TPSA) is 170 Å². The molecule has 1 N–H and O–H groups in total. The second-order valence-corrected chi connectivity index (χ2v) is 11.7. The van der Waals surface area contributed by atoms with Gasteiger partial charge in [0.1, 0.15) is 25.4 Å². The van der Waals surface area contributed by atoms with E-state index in [0.717, 1.165) is 44.4 Å². The van der Waals surface area contributed by atoms with Gasteiger partial charge in [0.2, 0.25) is 10.8 Å². The zero-order valence-corrected chi connectivity index (χ0v) is 26.5. The van der Waals surface area contributed by atoms with Crippen LogP contribution in [0.3, 0.4) is 0 Å². The summed E-state index contributed by atoms with van der Waals surface area (Å²) in [7, 11) is 0. The maximum absolute atomic E-state index is 13.6. The molecule has 0 aliphatic carbocycles. The summed E-state index contributed by atoms with van der Waals surface area (Å²) < 4.78 is 33.4. The molecular formula is C28H37NO12S2. The number of esters is 5. The van der Waals surface area contributed by atoms with Crippen molar-refractivity contribution in [1.29, 1.82) is 0 Å². The summed E-state index contributed by atoms with van der Waals surface area (Å²) in [5.41, 5.74) is 0. The number of benzene rings is 1. The molecule has 1 heterocycles. The van der Waals surface area contributed by atoms with E-state index in [1.807, 2.05) is 30.3 Å². The molecule has 15 heteroatoms. The van der Waals surface area contributed by atoms with Crippen molar-refractivity contribution in [3.63, 3.8) is 0 Å². The molecule has 1 fully saturated rings. The lowest BCUT2D eigenvalue weighted by Gasteiger charge is -2.48. The molecule has 1 saturated heterocycles. The zero-order chi connectivity index (χ0) is 32.2. The summed E-state index contributed by atoms with van der Waals surface area (Å²) in [5.74, 6) is -4.00. The van der Waals surface area contributed by atoms with Gasteiger partial charge >= 0.3 is 29.8 Å². The van der Waals surface area contributed by atoms with Gasteiger partial charge in [0.25, 0.3) is 0 Å². The Morgan fingerprint density at radius 1 is 0.930 bits per heavy atom. The van der Waals surface area contributed by atoms with Gasteiger partial charge in [-0.25, -0.2) is 4.79 Å². The Morgan fingerprint density at radius 3 is 2.12 bits per heavy atom. The van der Waals surface area contributed by atoms with Crippen LogP contribution in [0, 0.1) is 0 Å². The summed E-state index contributed by atoms with van der Waals surface area (Å²) in [6, 6.07) is 8.30. The van der Waals surface area contributed by atoms with E-state index in [-0.39, 0.29) is 13.0 Å². The van der Waals surface area contributed by atoms with Gasteiger partial charge in [0, 0.05) is 51.7 Å². The highest BCUT2D eigenvalue weighted by Crippen LogP contribution is 2.42. The first-order valence-electron chi connectivity index (χ1n) is 13.3. The highest BCUT2D eigenvalue weighted by molar-refractivity contribution is 8.00. The van der Waals surface area contributed by atoms with Crippen molar-refractivity contribution in [3.8, 4) is 0 Å². The number of thioether (sulfide) groups is 2. The molecule has 0 saturated carbocycles. The number of carbonyl (C=O) groups excluding carboxylic acids is 6. The number of hydrogen-bond acceptors (Lipinski definition) is 14. The van der Waals surface area contributed by atoms with Gasteiger partial charge in [0.05, 0.1) is 6.04 Å². The van der Waals surface area contributed by atoms with Crippen LogP contribution in [-0.2, 0) is 57.2 Å².